The lowest BCUT2D eigenvalue weighted by molar-refractivity contribution is -0.170. The van der Waals surface area contributed by atoms with Crippen LogP contribution in [0.1, 0.15) is 47.5 Å². The minimum Gasteiger partial charge on any atom is -0.458 e. The molecule has 0 bridgehead atoms. The first-order valence-electron chi connectivity index (χ1n) is 9.15. The zero-order chi connectivity index (χ0) is 21.5. The summed E-state index contributed by atoms with van der Waals surface area (Å²) in [7, 11) is -4.08. The van der Waals surface area contributed by atoms with Gasteiger partial charge in [0.25, 0.3) is 0 Å². The van der Waals surface area contributed by atoms with E-state index in [9.17, 15) is 14.2 Å². The van der Waals surface area contributed by atoms with Crippen molar-refractivity contribution in [1.29, 1.82) is 0 Å². The van der Waals surface area contributed by atoms with Crippen molar-refractivity contribution < 1.29 is 27.9 Å². The molecule has 0 saturated carbocycles. The molecule has 0 aliphatic carbocycles. The highest BCUT2D eigenvalue weighted by atomic mass is 31.2. The summed E-state index contributed by atoms with van der Waals surface area (Å²) in [6.07, 6.45) is 2.51. The average Bonchev–Trinajstić information content (AvgIpc) is 2.58. The molecule has 0 aromatic heterocycles. The van der Waals surface area contributed by atoms with Gasteiger partial charge in [-0.3, -0.25) is 9.36 Å². The number of allylic oxidation sites excluding steroid dienone is 1. The number of azide groups is 1. The van der Waals surface area contributed by atoms with E-state index < -0.39 is 42.9 Å². The summed E-state index contributed by atoms with van der Waals surface area (Å²) in [5.74, 6) is -3.10. The molecule has 1 heterocycles. The lowest BCUT2D eigenvalue weighted by Crippen LogP contribution is -2.68. The summed E-state index contributed by atoms with van der Waals surface area (Å²) >= 11 is 0. The number of nitrogens with zero attached hydrogens (tertiary/aromatic N) is 4. The van der Waals surface area contributed by atoms with E-state index in [1.165, 1.54) is 0 Å². The summed E-state index contributed by atoms with van der Waals surface area (Å²) in [4.78, 5) is 29.5. The first-order valence-corrected chi connectivity index (χ1v) is 10.8. The van der Waals surface area contributed by atoms with Crippen molar-refractivity contribution in [3.63, 3.8) is 0 Å². The van der Waals surface area contributed by atoms with Gasteiger partial charge in [-0.1, -0.05) is 11.2 Å². The Kier molecular flexibility index (Phi) is 8.70. The number of rotatable bonds is 11. The Hall–Kier alpha value is -1.86. The molecule has 1 aliphatic rings. The smallest absolute Gasteiger partial charge is 0.364 e. The number of esters is 1. The van der Waals surface area contributed by atoms with Crippen molar-refractivity contribution >= 4 is 19.5 Å². The molecule has 10 nitrogen and oxygen atoms in total. The van der Waals surface area contributed by atoms with Crippen LogP contribution in [0.25, 0.3) is 10.4 Å². The van der Waals surface area contributed by atoms with Crippen molar-refractivity contribution in [3.8, 4) is 0 Å². The van der Waals surface area contributed by atoms with Crippen LogP contribution in [-0.2, 0) is 27.9 Å². The molecule has 0 aromatic carbocycles. The molecule has 0 radical (unpaired) electrons. The first-order chi connectivity index (χ1) is 13.1. The fourth-order valence-corrected chi connectivity index (χ4v) is 4.89. The lowest BCUT2D eigenvalue weighted by Gasteiger charge is -2.49. The third-order valence-corrected chi connectivity index (χ3v) is 6.17. The molecule has 1 fully saturated rings. The molecule has 28 heavy (non-hydrogen) atoms. The van der Waals surface area contributed by atoms with E-state index in [0.29, 0.717) is 12.8 Å². The maximum Gasteiger partial charge on any atom is 0.364 e. The highest BCUT2D eigenvalue weighted by molar-refractivity contribution is 7.55. The van der Waals surface area contributed by atoms with Crippen LogP contribution in [0.5, 0.6) is 0 Å². The Bertz CT molecular complexity index is 676. The molecule has 1 unspecified atom stereocenters. The second-order valence-electron chi connectivity index (χ2n) is 7.11. The van der Waals surface area contributed by atoms with Crippen molar-refractivity contribution in [2.45, 2.75) is 70.9 Å². The van der Waals surface area contributed by atoms with Crippen LogP contribution in [-0.4, -0.2) is 53.5 Å². The van der Waals surface area contributed by atoms with E-state index in [0.717, 1.165) is 4.90 Å². The zero-order valence-electron chi connectivity index (χ0n) is 17.0. The molecule has 0 aromatic rings. The van der Waals surface area contributed by atoms with Crippen LogP contribution in [0.4, 0.5) is 0 Å². The number of amides is 1. The summed E-state index contributed by atoms with van der Waals surface area (Å²) in [5.41, 5.74) is 7.87. The quantitative estimate of drug-likeness (QED) is 0.0958. The van der Waals surface area contributed by atoms with Gasteiger partial charge in [0.2, 0.25) is 11.7 Å². The Balaban J connectivity index is 3.41. The van der Waals surface area contributed by atoms with Crippen LogP contribution in [0.15, 0.2) is 17.8 Å². The fraction of sp³-hybridized carbons (Fsp3) is 0.765. The van der Waals surface area contributed by atoms with Gasteiger partial charge in [-0.05, 0) is 53.0 Å². The topological polar surface area (TPSA) is 131 Å². The summed E-state index contributed by atoms with van der Waals surface area (Å²) in [5, 5.41) is 3.52. The molecule has 1 rings (SSSR count). The summed E-state index contributed by atoms with van der Waals surface area (Å²) < 4.78 is 29.5. The Labute approximate surface area is 165 Å². The van der Waals surface area contributed by atoms with Crippen LogP contribution in [0.3, 0.4) is 0 Å². The second kappa shape index (κ2) is 10.1. The number of β-lactam (4-membered cyclic amide) rings is 1. The zero-order valence-corrected chi connectivity index (χ0v) is 17.9. The molecule has 0 N–H and O–H groups in total. The fourth-order valence-electron chi connectivity index (χ4n) is 2.91. The van der Waals surface area contributed by atoms with E-state index in [-0.39, 0.29) is 13.2 Å². The molecule has 11 heteroatoms. The maximum absolute atomic E-state index is 13.4. The third kappa shape index (κ3) is 5.58. The van der Waals surface area contributed by atoms with Gasteiger partial charge in [-0.15, -0.1) is 6.58 Å². The van der Waals surface area contributed by atoms with Gasteiger partial charge in [0.1, 0.15) is 11.6 Å². The molecule has 1 amide bonds. The highest BCUT2D eigenvalue weighted by Crippen LogP contribution is 2.57. The molecular weight excluding hydrogens is 387 g/mol. The minimum atomic E-state index is -4.08. The van der Waals surface area contributed by atoms with Crippen molar-refractivity contribution in [2.24, 2.45) is 5.11 Å². The van der Waals surface area contributed by atoms with Crippen LogP contribution in [0.2, 0.25) is 0 Å². The van der Waals surface area contributed by atoms with Gasteiger partial charge in [0, 0.05) is 4.91 Å². The molecule has 0 spiro atoms. The number of hydrogen-bond acceptors (Lipinski definition) is 7. The SMILES string of the molecule is C=CCC[C@@H]1[C@H](N=[N+]=[N-])C(=O)N1C(C(=O)OC(C)(C)C)P(=O)(OCC)OCC. The van der Waals surface area contributed by atoms with E-state index in [4.69, 9.17) is 19.3 Å². The van der Waals surface area contributed by atoms with E-state index in [1.807, 2.05) is 0 Å². The molecule has 1 saturated heterocycles. The van der Waals surface area contributed by atoms with Gasteiger partial charge >= 0.3 is 13.6 Å². The van der Waals surface area contributed by atoms with E-state index in [1.54, 1.807) is 40.7 Å². The largest absolute Gasteiger partial charge is 0.458 e. The molecule has 3 atom stereocenters. The number of hydrogen-bond donors (Lipinski definition) is 0. The normalized spacial score (nSPS) is 20.8. The number of ether oxygens (including phenoxy) is 1. The van der Waals surface area contributed by atoms with Crippen molar-refractivity contribution in [3.05, 3.63) is 23.1 Å². The van der Waals surface area contributed by atoms with Crippen LogP contribution >= 0.6 is 7.60 Å². The van der Waals surface area contributed by atoms with Crippen LogP contribution < -0.4 is 0 Å². The first kappa shape index (κ1) is 24.2. The predicted octanol–water partition coefficient (Wildman–Crippen LogP) is 3.78. The maximum atomic E-state index is 13.4. The summed E-state index contributed by atoms with van der Waals surface area (Å²) in [6.45, 7) is 11.8. The summed E-state index contributed by atoms with van der Waals surface area (Å²) in [6, 6.07) is -1.64. The van der Waals surface area contributed by atoms with Gasteiger partial charge in [-0.25, -0.2) is 4.79 Å². The molecule has 1 aliphatic heterocycles. The lowest BCUT2D eigenvalue weighted by atomic mass is 9.91. The Morgan fingerprint density at radius 2 is 1.96 bits per heavy atom. The van der Waals surface area contributed by atoms with Gasteiger partial charge < -0.3 is 18.7 Å². The number of likely N-dealkylation sites (tertiary alicyclic amines) is 1. The number of carbonyl (C=O) groups excluding carboxylic acids is 2. The van der Waals surface area contributed by atoms with E-state index in [2.05, 4.69) is 16.6 Å². The minimum absolute atomic E-state index is 0.00963. The van der Waals surface area contributed by atoms with Gasteiger partial charge in [-0.2, -0.15) is 0 Å². The monoisotopic (exact) mass is 416 g/mol. The Morgan fingerprint density at radius 3 is 2.39 bits per heavy atom. The number of carbonyl (C=O) groups is 2. The standard InChI is InChI=1S/C17H29N4O6P/c1-7-10-11-12-13(19-20-18)14(22)21(12)15(16(23)27-17(4,5)6)28(24,25-8-2)26-9-3/h7,12-13,15H,1,8-11H2,2-6H3/t12-,13+,15?/m1/s1. The predicted molar refractivity (Wildman–Crippen MR) is 103 cm³/mol. The molecule has 158 valence electrons. The van der Waals surface area contributed by atoms with E-state index >= 15 is 0 Å². The Morgan fingerprint density at radius 1 is 1.39 bits per heavy atom. The van der Waals surface area contributed by atoms with Crippen molar-refractivity contribution in [1.82, 2.24) is 4.90 Å². The highest BCUT2D eigenvalue weighted by Gasteiger charge is 2.59. The van der Waals surface area contributed by atoms with Crippen molar-refractivity contribution in [2.75, 3.05) is 13.2 Å². The third-order valence-electron chi connectivity index (χ3n) is 3.87. The van der Waals surface area contributed by atoms with Gasteiger partial charge in [0.05, 0.1) is 19.3 Å². The van der Waals surface area contributed by atoms with Gasteiger partial charge in [0.15, 0.2) is 0 Å². The second-order valence-corrected chi connectivity index (χ2v) is 9.20. The average molecular weight is 416 g/mol. The van der Waals surface area contributed by atoms with Crippen LogP contribution in [0, 0.1) is 0 Å². The molecular formula is C17H29N4O6P.